The van der Waals surface area contributed by atoms with Gasteiger partial charge >= 0.3 is 5.97 Å². The number of aromatic nitrogens is 1. The maximum absolute atomic E-state index is 12.9. The zero-order valence-corrected chi connectivity index (χ0v) is 20.4. The van der Waals surface area contributed by atoms with Crippen molar-refractivity contribution in [1.29, 1.82) is 0 Å². The molecule has 0 bridgehead atoms. The van der Waals surface area contributed by atoms with Crippen LogP contribution in [0.5, 0.6) is 5.75 Å². The monoisotopic (exact) mass is 494 g/mol. The Morgan fingerprint density at radius 2 is 1.88 bits per heavy atom. The minimum Gasteiger partial charge on any atom is -0.495 e. The molecule has 10 heteroatoms. The van der Waals surface area contributed by atoms with Gasteiger partial charge in [-0.15, -0.1) is 0 Å². The summed E-state index contributed by atoms with van der Waals surface area (Å²) in [6.45, 7) is 3.21. The molecule has 2 aliphatic rings. The van der Waals surface area contributed by atoms with Crippen molar-refractivity contribution in [1.82, 2.24) is 9.47 Å². The molecule has 4 rings (SSSR count). The summed E-state index contributed by atoms with van der Waals surface area (Å²) in [7, 11) is -1.56. The van der Waals surface area contributed by atoms with E-state index in [1.165, 1.54) is 0 Å². The van der Waals surface area contributed by atoms with Gasteiger partial charge < -0.3 is 18.9 Å². The molecule has 1 saturated carbocycles. The van der Waals surface area contributed by atoms with E-state index in [1.807, 2.05) is 11.5 Å². The Morgan fingerprint density at radius 3 is 2.48 bits per heavy atom. The number of benzene rings is 1. The predicted molar refractivity (Wildman–Crippen MR) is 124 cm³/mol. The van der Waals surface area contributed by atoms with Gasteiger partial charge in [0.05, 0.1) is 29.9 Å². The van der Waals surface area contributed by atoms with Crippen molar-refractivity contribution in [3.8, 4) is 11.4 Å². The lowest BCUT2D eigenvalue weighted by Crippen LogP contribution is -2.44. The number of carbonyl (C=O) groups is 2. The van der Waals surface area contributed by atoms with E-state index in [9.17, 15) is 18.0 Å². The van der Waals surface area contributed by atoms with Gasteiger partial charge in [0.1, 0.15) is 5.75 Å². The number of sulfone groups is 1. The molecule has 2 heterocycles. The quantitative estimate of drug-likeness (QED) is 0.549. The molecule has 178 valence electrons. The van der Waals surface area contributed by atoms with Gasteiger partial charge in [-0.1, -0.05) is 11.6 Å². The van der Waals surface area contributed by atoms with Gasteiger partial charge in [-0.05, 0) is 57.4 Å². The minimum absolute atomic E-state index is 0.0220. The van der Waals surface area contributed by atoms with E-state index in [2.05, 4.69) is 0 Å². The number of esters is 1. The van der Waals surface area contributed by atoms with Crippen LogP contribution < -0.4 is 4.74 Å². The second-order valence-corrected chi connectivity index (χ2v) is 11.3. The van der Waals surface area contributed by atoms with Crippen molar-refractivity contribution >= 4 is 33.3 Å². The third kappa shape index (κ3) is 4.89. The Bertz CT molecular complexity index is 1200. The number of methoxy groups -OCH3 is 1. The van der Waals surface area contributed by atoms with Crippen LogP contribution in [0.25, 0.3) is 5.69 Å². The first-order chi connectivity index (χ1) is 15.6. The highest BCUT2D eigenvalue weighted by molar-refractivity contribution is 7.91. The summed E-state index contributed by atoms with van der Waals surface area (Å²) in [5, 5.41) is 0.530. The number of ether oxygens (including phenoxy) is 2. The topological polar surface area (TPSA) is 94.9 Å². The highest BCUT2D eigenvalue weighted by Crippen LogP contribution is 2.33. The van der Waals surface area contributed by atoms with Gasteiger partial charge in [-0.25, -0.2) is 13.2 Å². The van der Waals surface area contributed by atoms with Crippen molar-refractivity contribution in [3.05, 3.63) is 46.2 Å². The van der Waals surface area contributed by atoms with Crippen molar-refractivity contribution < 1.29 is 27.5 Å². The highest BCUT2D eigenvalue weighted by Gasteiger charge is 2.42. The highest BCUT2D eigenvalue weighted by atomic mass is 35.5. The number of nitrogens with zero attached hydrogens (tertiary/aromatic N) is 2. The standard InChI is InChI=1S/C23H27ClN2O6S/c1-14-10-19(15(2)25(14)20-11-16(24)4-7-21(20)31-3)23(28)32-12-22(27)26(17-5-6-17)18-8-9-33(29,30)13-18/h4,7,10-11,17-18H,5-6,8-9,12-13H2,1-3H3. The van der Waals surface area contributed by atoms with Gasteiger partial charge in [0, 0.05) is 28.5 Å². The maximum atomic E-state index is 12.9. The van der Waals surface area contributed by atoms with Crippen LogP contribution in [0.15, 0.2) is 24.3 Å². The molecule has 0 radical (unpaired) electrons. The van der Waals surface area contributed by atoms with Gasteiger partial charge in [0.15, 0.2) is 16.4 Å². The molecular weight excluding hydrogens is 468 g/mol. The summed E-state index contributed by atoms with van der Waals surface area (Å²) in [5.41, 5.74) is 2.44. The number of aryl methyl sites for hydroxylation is 1. The van der Waals surface area contributed by atoms with Crippen molar-refractivity contribution in [2.24, 2.45) is 0 Å². The molecule has 0 spiro atoms. The molecule has 2 fully saturated rings. The lowest BCUT2D eigenvalue weighted by atomic mass is 10.2. The number of amides is 1. The maximum Gasteiger partial charge on any atom is 0.340 e. The second-order valence-electron chi connectivity index (χ2n) is 8.60. The van der Waals surface area contributed by atoms with Gasteiger partial charge in [-0.2, -0.15) is 0 Å². The van der Waals surface area contributed by atoms with Crippen LogP contribution in [0.1, 0.15) is 41.0 Å². The van der Waals surface area contributed by atoms with Crippen molar-refractivity contribution in [2.75, 3.05) is 25.2 Å². The summed E-state index contributed by atoms with van der Waals surface area (Å²) >= 11 is 6.17. The summed E-state index contributed by atoms with van der Waals surface area (Å²) in [6, 6.07) is 6.62. The second kappa shape index (κ2) is 9.02. The molecule has 1 aromatic carbocycles. The Morgan fingerprint density at radius 1 is 1.15 bits per heavy atom. The van der Waals surface area contributed by atoms with Crippen molar-refractivity contribution in [2.45, 2.75) is 45.2 Å². The van der Waals surface area contributed by atoms with Crippen LogP contribution in [0.4, 0.5) is 0 Å². The van der Waals surface area contributed by atoms with E-state index >= 15 is 0 Å². The first kappa shape index (κ1) is 23.6. The van der Waals surface area contributed by atoms with Crippen LogP contribution in [0, 0.1) is 13.8 Å². The van der Waals surface area contributed by atoms with Crippen LogP contribution >= 0.6 is 11.6 Å². The Kier molecular flexibility index (Phi) is 6.46. The van der Waals surface area contributed by atoms with Crippen LogP contribution in [0.2, 0.25) is 5.02 Å². The van der Waals surface area contributed by atoms with E-state index in [1.54, 1.807) is 43.2 Å². The minimum atomic E-state index is -3.12. The first-order valence-corrected chi connectivity index (χ1v) is 13.0. The van der Waals surface area contributed by atoms with E-state index in [-0.39, 0.29) is 29.5 Å². The predicted octanol–water partition coefficient (Wildman–Crippen LogP) is 3.09. The molecule has 1 aliphatic heterocycles. The fourth-order valence-corrected chi connectivity index (χ4v) is 6.39. The number of halogens is 1. The van der Waals surface area contributed by atoms with Gasteiger partial charge in [0.2, 0.25) is 0 Å². The molecule has 33 heavy (non-hydrogen) atoms. The molecule has 0 N–H and O–H groups in total. The normalized spacial score (nSPS) is 19.3. The number of hydrogen-bond donors (Lipinski definition) is 0. The summed E-state index contributed by atoms with van der Waals surface area (Å²) in [6.07, 6.45) is 2.12. The van der Waals surface area contributed by atoms with Crippen molar-refractivity contribution in [3.63, 3.8) is 0 Å². The molecule has 2 aromatic rings. The average molecular weight is 495 g/mol. The molecular formula is C23H27ClN2O6S. The van der Waals surface area contributed by atoms with Crippen LogP contribution in [-0.4, -0.2) is 67.1 Å². The SMILES string of the molecule is COc1ccc(Cl)cc1-n1c(C)cc(C(=O)OCC(=O)N(C2CC2)C2CCS(=O)(=O)C2)c1C. The summed E-state index contributed by atoms with van der Waals surface area (Å²) in [5.74, 6) is -0.293. The number of rotatable bonds is 7. The smallest absolute Gasteiger partial charge is 0.340 e. The summed E-state index contributed by atoms with van der Waals surface area (Å²) < 4.78 is 36.4. The number of carbonyl (C=O) groups excluding carboxylic acids is 2. The fraction of sp³-hybridized carbons (Fsp3) is 0.478. The summed E-state index contributed by atoms with van der Waals surface area (Å²) in [4.78, 5) is 27.4. The zero-order valence-electron chi connectivity index (χ0n) is 18.8. The van der Waals surface area contributed by atoms with E-state index in [0.717, 1.165) is 18.5 Å². The van der Waals surface area contributed by atoms with E-state index in [4.69, 9.17) is 21.1 Å². The molecule has 8 nitrogen and oxygen atoms in total. The Labute approximate surface area is 198 Å². The van der Waals surface area contributed by atoms with Crippen LogP contribution in [-0.2, 0) is 19.4 Å². The molecule has 1 saturated heterocycles. The number of hydrogen-bond acceptors (Lipinski definition) is 6. The first-order valence-electron chi connectivity index (χ1n) is 10.8. The average Bonchev–Trinajstić information content (AvgIpc) is 3.46. The van der Waals surface area contributed by atoms with E-state index < -0.39 is 22.4 Å². The fourth-order valence-electron chi connectivity index (χ4n) is 4.51. The molecule has 1 aliphatic carbocycles. The lowest BCUT2D eigenvalue weighted by Gasteiger charge is -2.28. The molecule has 1 amide bonds. The largest absolute Gasteiger partial charge is 0.495 e. The van der Waals surface area contributed by atoms with E-state index in [0.29, 0.717) is 34.1 Å². The molecule has 1 atom stereocenters. The zero-order chi connectivity index (χ0) is 23.9. The molecule has 1 unspecified atom stereocenters. The Hall–Kier alpha value is -2.52. The van der Waals surface area contributed by atoms with Gasteiger partial charge in [-0.3, -0.25) is 4.79 Å². The Balaban J connectivity index is 1.50. The van der Waals surface area contributed by atoms with Gasteiger partial charge in [0.25, 0.3) is 5.91 Å². The third-order valence-electron chi connectivity index (χ3n) is 6.19. The lowest BCUT2D eigenvalue weighted by molar-refractivity contribution is -0.137. The van der Waals surface area contributed by atoms with Crippen LogP contribution in [0.3, 0.4) is 0 Å². The molecule has 1 aromatic heterocycles. The third-order valence-corrected chi connectivity index (χ3v) is 8.18.